The highest BCUT2D eigenvalue weighted by molar-refractivity contribution is 6.04. The van der Waals surface area contributed by atoms with Gasteiger partial charge in [0.05, 0.1) is 34.6 Å². The normalized spacial score (nSPS) is 14.1. The predicted octanol–water partition coefficient (Wildman–Crippen LogP) is 7.54. The Labute approximate surface area is 328 Å². The van der Waals surface area contributed by atoms with Crippen molar-refractivity contribution in [3.8, 4) is 0 Å². The third kappa shape index (κ3) is 12.0. The van der Waals surface area contributed by atoms with Gasteiger partial charge in [0, 0.05) is 55.4 Å². The standard InChI is InChI=1S/C44H55N5O7/c50-40-24-23-35(31-48(40)32-41(51)52)49(43(54)34-19-17-26-47(30-34)39-29-45-28-33-18-11-12-20-36(33)39)27-16-10-8-6-4-2-1-3-5-7-9-15-25-46-42(53)37-21-13-14-22-38(37)44(55)56/h11-14,18,20-24,28-29,31,34H,1-10,15-17,19,25-27,30,32H2,(H,46,53)(H,51,52)(H,55,56)/t34-/m0/s1. The van der Waals surface area contributed by atoms with Crippen LogP contribution in [0.4, 0.5) is 11.4 Å². The van der Waals surface area contributed by atoms with E-state index < -0.39 is 24.0 Å². The van der Waals surface area contributed by atoms with Crippen LogP contribution in [0.1, 0.15) is 111 Å². The third-order valence-corrected chi connectivity index (χ3v) is 10.6. The summed E-state index contributed by atoms with van der Waals surface area (Å²) in [6, 6.07) is 17.4. The molecule has 12 nitrogen and oxygen atoms in total. The van der Waals surface area contributed by atoms with E-state index in [0.717, 1.165) is 98.2 Å². The van der Waals surface area contributed by atoms with Crippen molar-refractivity contribution in [3.63, 3.8) is 0 Å². The van der Waals surface area contributed by atoms with Gasteiger partial charge in [-0.15, -0.1) is 0 Å². The van der Waals surface area contributed by atoms with Crippen molar-refractivity contribution in [2.45, 2.75) is 96.4 Å². The molecule has 3 heterocycles. The number of aromatic carboxylic acids is 1. The van der Waals surface area contributed by atoms with E-state index in [4.69, 9.17) is 0 Å². The number of nitrogens with one attached hydrogen (secondary N) is 1. The summed E-state index contributed by atoms with van der Waals surface area (Å²) in [6.45, 7) is 1.95. The van der Waals surface area contributed by atoms with Gasteiger partial charge in [0.2, 0.25) is 5.91 Å². The summed E-state index contributed by atoms with van der Waals surface area (Å²) in [5, 5.41) is 23.7. The van der Waals surface area contributed by atoms with Gasteiger partial charge in [0.1, 0.15) is 6.54 Å². The number of carboxylic acids is 2. The Bertz CT molecular complexity index is 1990. The van der Waals surface area contributed by atoms with Crippen LogP contribution in [0, 0.1) is 5.92 Å². The molecule has 1 aliphatic rings. The lowest BCUT2D eigenvalue weighted by molar-refractivity contribution is -0.137. The lowest BCUT2D eigenvalue weighted by Crippen LogP contribution is -2.45. The summed E-state index contributed by atoms with van der Waals surface area (Å²) in [6.07, 6.45) is 19.6. The first-order valence-corrected chi connectivity index (χ1v) is 20.1. The minimum Gasteiger partial charge on any atom is -0.480 e. The van der Waals surface area contributed by atoms with E-state index in [-0.39, 0.29) is 28.9 Å². The second-order valence-electron chi connectivity index (χ2n) is 14.8. The van der Waals surface area contributed by atoms with Crippen LogP contribution < -0.4 is 20.7 Å². The van der Waals surface area contributed by atoms with Crippen LogP contribution in [-0.4, -0.2) is 69.7 Å². The number of hydrogen-bond donors (Lipinski definition) is 3. The van der Waals surface area contributed by atoms with Gasteiger partial charge < -0.3 is 29.9 Å². The quantitative estimate of drug-likeness (QED) is 0.0687. The smallest absolute Gasteiger partial charge is 0.336 e. The van der Waals surface area contributed by atoms with E-state index in [2.05, 4.69) is 21.3 Å². The Morgan fingerprint density at radius 2 is 1.41 bits per heavy atom. The van der Waals surface area contributed by atoms with Crippen LogP contribution in [0.2, 0.25) is 0 Å². The number of nitrogens with zero attached hydrogens (tertiary/aromatic N) is 4. The second kappa shape index (κ2) is 21.5. The number of anilines is 2. The zero-order valence-corrected chi connectivity index (χ0v) is 32.2. The molecule has 0 aliphatic carbocycles. The lowest BCUT2D eigenvalue weighted by atomic mass is 9.95. The SMILES string of the molecule is O=C(O)Cn1cc(N(CCCCCCCCCCCCCCNC(=O)c2ccccc2C(=O)O)C(=O)[C@H]2CCCN(c3cncc4ccccc34)C2)ccc1=O. The number of unbranched alkanes of at least 4 members (excludes halogenated alkanes) is 11. The monoisotopic (exact) mass is 765 g/mol. The molecule has 2 aromatic heterocycles. The number of pyridine rings is 2. The van der Waals surface area contributed by atoms with Gasteiger partial charge in [-0.3, -0.25) is 24.2 Å². The highest BCUT2D eigenvalue weighted by atomic mass is 16.4. The summed E-state index contributed by atoms with van der Waals surface area (Å²) in [5.41, 5.74) is 1.35. The first-order valence-electron chi connectivity index (χ1n) is 20.1. The first-order chi connectivity index (χ1) is 27.2. The number of fused-ring (bicyclic) bond motifs is 1. The van der Waals surface area contributed by atoms with Crippen LogP contribution in [0.25, 0.3) is 10.8 Å². The highest BCUT2D eigenvalue weighted by Gasteiger charge is 2.31. The zero-order valence-electron chi connectivity index (χ0n) is 32.2. The van der Waals surface area contributed by atoms with Crippen molar-refractivity contribution in [3.05, 3.63) is 101 Å². The Hall–Kier alpha value is -5.52. The number of carboxylic acid groups (broad SMARTS) is 2. The van der Waals surface area contributed by atoms with E-state index in [1.54, 1.807) is 23.1 Å². The molecule has 298 valence electrons. The number of rotatable bonds is 22. The summed E-state index contributed by atoms with van der Waals surface area (Å²) >= 11 is 0. The van der Waals surface area contributed by atoms with Crippen molar-refractivity contribution < 1.29 is 29.4 Å². The molecule has 1 saturated heterocycles. The molecule has 3 N–H and O–H groups in total. The summed E-state index contributed by atoms with van der Waals surface area (Å²) < 4.78 is 1.15. The van der Waals surface area contributed by atoms with Crippen molar-refractivity contribution in [1.82, 2.24) is 14.9 Å². The largest absolute Gasteiger partial charge is 0.480 e. The molecule has 0 unspecified atom stereocenters. The number of aromatic nitrogens is 2. The van der Waals surface area contributed by atoms with Crippen molar-refractivity contribution in [2.75, 3.05) is 36.0 Å². The Morgan fingerprint density at radius 1 is 0.768 bits per heavy atom. The fraction of sp³-hybridized carbons (Fsp3) is 0.455. The molecule has 1 aliphatic heterocycles. The Kier molecular flexibility index (Phi) is 16.0. The van der Waals surface area contributed by atoms with E-state index in [1.807, 2.05) is 30.6 Å². The second-order valence-corrected chi connectivity index (χ2v) is 14.8. The Balaban J connectivity index is 1.02. The Morgan fingerprint density at radius 3 is 2.11 bits per heavy atom. The van der Waals surface area contributed by atoms with Gasteiger partial charge in [-0.1, -0.05) is 101 Å². The van der Waals surface area contributed by atoms with Gasteiger partial charge in [0.15, 0.2) is 0 Å². The molecule has 4 aromatic rings. The van der Waals surface area contributed by atoms with E-state index in [9.17, 15) is 34.2 Å². The predicted molar refractivity (Wildman–Crippen MR) is 219 cm³/mol. The molecule has 0 saturated carbocycles. The minimum atomic E-state index is -1.12. The van der Waals surface area contributed by atoms with E-state index in [1.165, 1.54) is 43.7 Å². The third-order valence-electron chi connectivity index (χ3n) is 10.6. The number of hydrogen-bond acceptors (Lipinski definition) is 7. The van der Waals surface area contributed by atoms with Crippen molar-refractivity contribution >= 4 is 45.9 Å². The average molecular weight is 766 g/mol. The molecule has 12 heteroatoms. The van der Waals surface area contributed by atoms with Gasteiger partial charge in [-0.25, -0.2) is 4.79 Å². The average Bonchev–Trinajstić information content (AvgIpc) is 3.21. The molecule has 0 bridgehead atoms. The maximum absolute atomic E-state index is 14.3. The molecule has 56 heavy (non-hydrogen) atoms. The van der Waals surface area contributed by atoms with Crippen LogP contribution in [-0.2, 0) is 16.1 Å². The van der Waals surface area contributed by atoms with E-state index >= 15 is 0 Å². The number of carbonyl (C=O) groups excluding carboxylic acids is 2. The fourth-order valence-electron chi connectivity index (χ4n) is 7.61. The summed E-state index contributed by atoms with van der Waals surface area (Å²) in [7, 11) is 0. The fourth-order valence-corrected chi connectivity index (χ4v) is 7.61. The number of benzene rings is 2. The van der Waals surface area contributed by atoms with E-state index in [0.29, 0.717) is 25.3 Å². The minimum absolute atomic E-state index is 0.00492. The highest BCUT2D eigenvalue weighted by Crippen LogP contribution is 2.31. The molecule has 2 amide bonds. The van der Waals surface area contributed by atoms with Gasteiger partial charge >= 0.3 is 11.9 Å². The maximum atomic E-state index is 14.3. The van der Waals surface area contributed by atoms with Crippen molar-refractivity contribution in [2.24, 2.45) is 5.92 Å². The molecule has 0 radical (unpaired) electrons. The lowest BCUT2D eigenvalue weighted by Gasteiger charge is -2.36. The summed E-state index contributed by atoms with van der Waals surface area (Å²) in [4.78, 5) is 70.4. The first kappa shape index (κ1) is 41.6. The molecule has 5 rings (SSSR count). The zero-order chi connectivity index (χ0) is 39.7. The van der Waals surface area contributed by atoms with Crippen LogP contribution in [0.5, 0.6) is 0 Å². The summed E-state index contributed by atoms with van der Waals surface area (Å²) in [5.74, 6) is -2.83. The molecule has 2 aromatic carbocycles. The van der Waals surface area contributed by atoms with Crippen LogP contribution in [0.3, 0.4) is 0 Å². The number of amides is 2. The van der Waals surface area contributed by atoms with Crippen LogP contribution >= 0.6 is 0 Å². The number of aliphatic carboxylic acids is 1. The molecular formula is C44H55N5O7. The maximum Gasteiger partial charge on any atom is 0.336 e. The van der Waals surface area contributed by atoms with Gasteiger partial charge in [-0.2, -0.15) is 0 Å². The van der Waals surface area contributed by atoms with Crippen molar-refractivity contribution in [1.29, 1.82) is 0 Å². The molecule has 1 atom stereocenters. The number of carbonyl (C=O) groups is 4. The molecule has 0 spiro atoms. The molecular weight excluding hydrogens is 711 g/mol. The number of piperidine rings is 1. The molecule has 1 fully saturated rings. The topological polar surface area (TPSA) is 162 Å². The van der Waals surface area contributed by atoms with Gasteiger partial charge in [-0.05, 0) is 43.9 Å². The van der Waals surface area contributed by atoms with Gasteiger partial charge in [0.25, 0.3) is 11.5 Å². The van der Waals surface area contributed by atoms with Crippen LogP contribution in [0.15, 0.2) is 84.0 Å².